The van der Waals surface area contributed by atoms with E-state index in [1.807, 2.05) is 0 Å². The van der Waals surface area contributed by atoms with E-state index < -0.39 is 23.5 Å². The number of hydrogen-bond acceptors (Lipinski definition) is 4. The van der Waals surface area contributed by atoms with Crippen molar-refractivity contribution in [2.75, 3.05) is 10.2 Å². The zero-order chi connectivity index (χ0) is 15.8. The molecule has 0 aromatic heterocycles. The van der Waals surface area contributed by atoms with Gasteiger partial charge in [-0.3, -0.25) is 19.3 Å². The number of ether oxygens (including phenoxy) is 1. The molecule has 0 saturated carbocycles. The second-order valence-electron chi connectivity index (χ2n) is 5.46. The molecule has 0 fully saturated rings. The maximum absolute atomic E-state index is 12.6. The number of nitrogens with one attached hydrogen (secondary N) is 1. The van der Waals surface area contributed by atoms with Crippen LogP contribution >= 0.6 is 0 Å². The molecule has 1 aliphatic heterocycles. The molecule has 1 N–H and O–H groups in total. The number of hydrogen-bond donors (Lipinski definition) is 1. The summed E-state index contributed by atoms with van der Waals surface area (Å²) in [5.41, 5.74) is 0.0798. The van der Waals surface area contributed by atoms with Crippen molar-refractivity contribution in [2.24, 2.45) is 0 Å². The number of fused-ring (bicyclic) bond motifs is 1. The largest absolute Gasteiger partial charge is 0.453 e. The standard InChI is InChI=1S/C15H18N2O4/c1-9(21-10(2)18)13(19)17-12-8-6-5-7-11(12)16-14(20)15(17,3)4/h5-9H,1-4H3,(H,16,20)/t9-/m1/s1. The van der Waals surface area contributed by atoms with Crippen LogP contribution in [0.25, 0.3) is 0 Å². The first-order chi connectivity index (χ1) is 9.75. The summed E-state index contributed by atoms with van der Waals surface area (Å²) < 4.78 is 4.95. The van der Waals surface area contributed by atoms with Gasteiger partial charge in [-0.2, -0.15) is 0 Å². The van der Waals surface area contributed by atoms with Crippen molar-refractivity contribution < 1.29 is 19.1 Å². The molecule has 0 aliphatic carbocycles. The Morgan fingerprint density at radius 2 is 1.90 bits per heavy atom. The van der Waals surface area contributed by atoms with E-state index in [1.54, 1.807) is 38.1 Å². The fourth-order valence-electron chi connectivity index (χ4n) is 2.33. The van der Waals surface area contributed by atoms with Crippen LogP contribution < -0.4 is 10.2 Å². The summed E-state index contributed by atoms with van der Waals surface area (Å²) in [5, 5.41) is 2.77. The van der Waals surface area contributed by atoms with Gasteiger partial charge in [0.2, 0.25) is 5.91 Å². The zero-order valence-corrected chi connectivity index (χ0v) is 12.5. The summed E-state index contributed by atoms with van der Waals surface area (Å²) >= 11 is 0. The highest BCUT2D eigenvalue weighted by Crippen LogP contribution is 2.37. The minimum absolute atomic E-state index is 0.287. The third-order valence-electron chi connectivity index (χ3n) is 3.42. The van der Waals surface area contributed by atoms with E-state index >= 15 is 0 Å². The Morgan fingerprint density at radius 1 is 1.29 bits per heavy atom. The van der Waals surface area contributed by atoms with Crippen LogP contribution in [-0.4, -0.2) is 29.4 Å². The maximum Gasteiger partial charge on any atom is 0.303 e. The van der Waals surface area contributed by atoms with Crippen LogP contribution in [0.1, 0.15) is 27.7 Å². The topological polar surface area (TPSA) is 75.7 Å². The summed E-state index contributed by atoms with van der Waals surface area (Å²) in [5.74, 6) is -1.26. The summed E-state index contributed by atoms with van der Waals surface area (Å²) in [7, 11) is 0. The highest BCUT2D eigenvalue weighted by Gasteiger charge is 2.45. The fraction of sp³-hybridized carbons (Fsp3) is 0.400. The minimum Gasteiger partial charge on any atom is -0.453 e. The number of carbonyl (C=O) groups is 3. The Kier molecular flexibility index (Phi) is 3.72. The second kappa shape index (κ2) is 5.20. The van der Waals surface area contributed by atoms with E-state index in [0.717, 1.165) is 0 Å². The van der Waals surface area contributed by atoms with Crippen molar-refractivity contribution >= 4 is 29.2 Å². The molecule has 112 valence electrons. The molecule has 0 radical (unpaired) electrons. The van der Waals surface area contributed by atoms with Gasteiger partial charge in [-0.25, -0.2) is 0 Å². The van der Waals surface area contributed by atoms with Gasteiger partial charge in [-0.15, -0.1) is 0 Å². The van der Waals surface area contributed by atoms with Crippen LogP contribution in [0.3, 0.4) is 0 Å². The van der Waals surface area contributed by atoms with Gasteiger partial charge >= 0.3 is 5.97 Å². The molecular formula is C15H18N2O4. The van der Waals surface area contributed by atoms with Gasteiger partial charge in [0.1, 0.15) is 5.54 Å². The first-order valence-electron chi connectivity index (χ1n) is 6.67. The number of benzene rings is 1. The van der Waals surface area contributed by atoms with E-state index in [-0.39, 0.29) is 5.91 Å². The van der Waals surface area contributed by atoms with Crippen molar-refractivity contribution in [2.45, 2.75) is 39.3 Å². The summed E-state index contributed by atoms with van der Waals surface area (Å²) in [6, 6.07) is 7.02. The van der Waals surface area contributed by atoms with Crippen LogP contribution in [0.15, 0.2) is 24.3 Å². The Morgan fingerprint density at radius 3 is 2.52 bits per heavy atom. The molecule has 6 nitrogen and oxygen atoms in total. The van der Waals surface area contributed by atoms with Gasteiger partial charge in [0.15, 0.2) is 6.10 Å². The van der Waals surface area contributed by atoms with Crippen LogP contribution in [0.5, 0.6) is 0 Å². The van der Waals surface area contributed by atoms with Crippen molar-refractivity contribution in [1.82, 2.24) is 0 Å². The van der Waals surface area contributed by atoms with E-state index in [4.69, 9.17) is 4.74 Å². The predicted octanol–water partition coefficient (Wildman–Crippen LogP) is 1.70. The Hall–Kier alpha value is -2.37. The molecule has 1 aliphatic rings. The van der Waals surface area contributed by atoms with Crippen molar-refractivity contribution in [1.29, 1.82) is 0 Å². The average Bonchev–Trinajstić information content (AvgIpc) is 2.38. The molecule has 2 amide bonds. The first kappa shape index (κ1) is 15.0. The van der Waals surface area contributed by atoms with Crippen LogP contribution in [-0.2, 0) is 19.1 Å². The van der Waals surface area contributed by atoms with Gasteiger partial charge in [0, 0.05) is 6.92 Å². The fourth-order valence-corrected chi connectivity index (χ4v) is 2.33. The van der Waals surface area contributed by atoms with Gasteiger partial charge < -0.3 is 10.1 Å². The molecule has 1 atom stereocenters. The lowest BCUT2D eigenvalue weighted by Crippen LogP contribution is -2.60. The number of para-hydroxylation sites is 2. The second-order valence-corrected chi connectivity index (χ2v) is 5.46. The molecule has 1 aromatic rings. The number of rotatable bonds is 2. The number of amides is 2. The quantitative estimate of drug-likeness (QED) is 0.841. The normalized spacial score (nSPS) is 17.5. The molecule has 0 saturated heterocycles. The van der Waals surface area contributed by atoms with Crippen LogP contribution in [0, 0.1) is 0 Å². The monoisotopic (exact) mass is 290 g/mol. The van der Waals surface area contributed by atoms with E-state index in [0.29, 0.717) is 11.4 Å². The highest BCUT2D eigenvalue weighted by molar-refractivity contribution is 6.15. The average molecular weight is 290 g/mol. The SMILES string of the molecule is CC(=O)O[C@H](C)C(=O)N1c2ccccc2NC(=O)C1(C)C. The van der Waals surface area contributed by atoms with Gasteiger partial charge in [0.05, 0.1) is 11.4 Å². The molecule has 21 heavy (non-hydrogen) atoms. The highest BCUT2D eigenvalue weighted by atomic mass is 16.5. The van der Waals surface area contributed by atoms with Gasteiger partial charge in [-0.1, -0.05) is 12.1 Å². The first-order valence-corrected chi connectivity index (χ1v) is 6.67. The number of carbonyl (C=O) groups excluding carboxylic acids is 3. The summed E-state index contributed by atoms with van der Waals surface area (Å²) in [4.78, 5) is 37.3. The Labute approximate surface area is 123 Å². The number of anilines is 2. The maximum atomic E-state index is 12.6. The molecule has 0 unspecified atom stereocenters. The van der Waals surface area contributed by atoms with Crippen LogP contribution in [0.2, 0.25) is 0 Å². The van der Waals surface area contributed by atoms with Crippen molar-refractivity contribution in [3.63, 3.8) is 0 Å². The molecule has 2 rings (SSSR count). The summed E-state index contributed by atoms with van der Waals surface area (Å²) in [6.07, 6.45) is -0.958. The third kappa shape index (κ3) is 2.61. The Bertz CT molecular complexity index is 609. The van der Waals surface area contributed by atoms with E-state index in [2.05, 4.69) is 5.32 Å². The molecular weight excluding hydrogens is 272 g/mol. The Balaban J connectivity index is 2.46. The minimum atomic E-state index is -1.07. The van der Waals surface area contributed by atoms with Crippen molar-refractivity contribution in [3.8, 4) is 0 Å². The third-order valence-corrected chi connectivity index (χ3v) is 3.42. The summed E-state index contributed by atoms with van der Waals surface area (Å²) in [6.45, 7) is 6.04. The lowest BCUT2D eigenvalue weighted by Gasteiger charge is -2.42. The predicted molar refractivity (Wildman–Crippen MR) is 77.9 cm³/mol. The lowest BCUT2D eigenvalue weighted by molar-refractivity contribution is -0.152. The van der Waals surface area contributed by atoms with Gasteiger partial charge in [-0.05, 0) is 32.9 Å². The lowest BCUT2D eigenvalue weighted by atomic mass is 9.95. The molecule has 6 heteroatoms. The van der Waals surface area contributed by atoms with E-state index in [1.165, 1.54) is 18.7 Å². The number of nitrogens with zero attached hydrogens (tertiary/aromatic N) is 1. The van der Waals surface area contributed by atoms with Gasteiger partial charge in [0.25, 0.3) is 5.91 Å². The molecule has 0 bridgehead atoms. The number of esters is 1. The van der Waals surface area contributed by atoms with E-state index in [9.17, 15) is 14.4 Å². The molecule has 1 heterocycles. The zero-order valence-electron chi connectivity index (χ0n) is 12.5. The van der Waals surface area contributed by atoms with Crippen LogP contribution in [0.4, 0.5) is 11.4 Å². The molecule has 0 spiro atoms. The van der Waals surface area contributed by atoms with Crippen molar-refractivity contribution in [3.05, 3.63) is 24.3 Å². The molecule has 1 aromatic carbocycles. The smallest absolute Gasteiger partial charge is 0.303 e.